The van der Waals surface area contributed by atoms with E-state index >= 15 is 0 Å². The highest BCUT2D eigenvalue weighted by molar-refractivity contribution is 9.10. The Morgan fingerprint density at radius 3 is 2.80 bits per heavy atom. The van der Waals surface area contributed by atoms with E-state index in [9.17, 15) is 0 Å². The Morgan fingerprint density at radius 2 is 2.27 bits per heavy atom. The van der Waals surface area contributed by atoms with Crippen molar-refractivity contribution in [3.63, 3.8) is 0 Å². The van der Waals surface area contributed by atoms with E-state index in [0.717, 1.165) is 17.3 Å². The third kappa shape index (κ3) is 3.67. The van der Waals surface area contributed by atoms with Gasteiger partial charge in [0.25, 0.3) is 0 Å². The van der Waals surface area contributed by atoms with E-state index in [1.165, 1.54) is 11.1 Å². The van der Waals surface area contributed by atoms with Crippen LogP contribution >= 0.6 is 15.9 Å². The molecule has 3 N–H and O–H groups in total. The monoisotopic (exact) mass is 266 g/mol. The Kier molecular flexibility index (Phi) is 4.83. The predicted octanol–water partition coefficient (Wildman–Crippen LogP) is 2.68. The smallest absolute Gasteiger partial charge is 0.0469 e. The molecule has 1 unspecified atom stereocenters. The fourth-order valence-electron chi connectivity index (χ4n) is 1.54. The summed E-state index contributed by atoms with van der Waals surface area (Å²) in [4.78, 5) is 0. The molecule has 3 heteroatoms. The zero-order valence-corrected chi connectivity index (χ0v) is 10.3. The van der Waals surface area contributed by atoms with Gasteiger partial charge in [-0.05, 0) is 36.6 Å². The number of terminal acetylenes is 1. The summed E-state index contributed by atoms with van der Waals surface area (Å²) in [5, 5.41) is 0. The van der Waals surface area contributed by atoms with Crippen LogP contribution in [-0.4, -0.2) is 0 Å². The second kappa shape index (κ2) is 5.92. The quantitative estimate of drug-likeness (QED) is 0.500. The van der Waals surface area contributed by atoms with E-state index in [-0.39, 0.29) is 6.04 Å². The molecule has 1 aromatic carbocycles. The molecule has 80 valence electrons. The van der Waals surface area contributed by atoms with Crippen LogP contribution in [0.25, 0.3) is 0 Å². The SMILES string of the molecule is C#CCCC(NN)c1cc(C)cc(Br)c1. The molecule has 0 saturated carbocycles. The minimum Gasteiger partial charge on any atom is -0.271 e. The Labute approximate surface area is 99.3 Å². The fourth-order valence-corrected chi connectivity index (χ4v) is 2.17. The van der Waals surface area contributed by atoms with E-state index in [1.807, 2.05) is 0 Å². The van der Waals surface area contributed by atoms with E-state index in [4.69, 9.17) is 12.3 Å². The number of aryl methyl sites for hydroxylation is 1. The normalized spacial score (nSPS) is 12.1. The van der Waals surface area contributed by atoms with Crippen LogP contribution in [-0.2, 0) is 0 Å². The second-order valence-electron chi connectivity index (χ2n) is 3.52. The van der Waals surface area contributed by atoms with Gasteiger partial charge < -0.3 is 0 Å². The highest BCUT2D eigenvalue weighted by Gasteiger charge is 2.09. The van der Waals surface area contributed by atoms with Crippen molar-refractivity contribution in [3.05, 3.63) is 33.8 Å². The van der Waals surface area contributed by atoms with Gasteiger partial charge in [-0.1, -0.05) is 22.0 Å². The molecule has 0 radical (unpaired) electrons. The van der Waals surface area contributed by atoms with Crippen LogP contribution in [0, 0.1) is 19.3 Å². The molecule has 0 amide bonds. The van der Waals surface area contributed by atoms with Crippen LogP contribution in [0.5, 0.6) is 0 Å². The molecule has 1 aromatic rings. The standard InChI is InChI=1S/C12H15BrN2/c1-3-4-5-12(15-14)10-6-9(2)7-11(13)8-10/h1,6-8,12,15H,4-5,14H2,2H3. The molecule has 1 rings (SSSR count). The zero-order valence-electron chi connectivity index (χ0n) is 8.76. The average Bonchev–Trinajstić information content (AvgIpc) is 2.17. The van der Waals surface area contributed by atoms with Crippen molar-refractivity contribution in [2.45, 2.75) is 25.8 Å². The van der Waals surface area contributed by atoms with Crippen molar-refractivity contribution < 1.29 is 0 Å². The highest BCUT2D eigenvalue weighted by atomic mass is 79.9. The van der Waals surface area contributed by atoms with Gasteiger partial charge in [0, 0.05) is 16.9 Å². The molecule has 0 spiro atoms. The first kappa shape index (κ1) is 12.3. The summed E-state index contributed by atoms with van der Waals surface area (Å²) in [7, 11) is 0. The third-order valence-electron chi connectivity index (χ3n) is 2.25. The third-order valence-corrected chi connectivity index (χ3v) is 2.70. The van der Waals surface area contributed by atoms with E-state index in [0.29, 0.717) is 0 Å². The molecule has 1 atom stereocenters. The summed E-state index contributed by atoms with van der Waals surface area (Å²) in [5.74, 6) is 8.14. The molecule has 0 heterocycles. The van der Waals surface area contributed by atoms with Gasteiger partial charge in [0.1, 0.15) is 0 Å². The molecule has 0 bridgehead atoms. The molecule has 0 aliphatic carbocycles. The first-order chi connectivity index (χ1) is 7.17. The van der Waals surface area contributed by atoms with Gasteiger partial charge in [0.05, 0.1) is 0 Å². The lowest BCUT2D eigenvalue weighted by atomic mass is 10.0. The largest absolute Gasteiger partial charge is 0.271 e. The summed E-state index contributed by atoms with van der Waals surface area (Å²) in [5.41, 5.74) is 5.17. The summed E-state index contributed by atoms with van der Waals surface area (Å²) in [6.45, 7) is 2.06. The number of hydrogen-bond acceptors (Lipinski definition) is 2. The number of nitrogens with one attached hydrogen (secondary N) is 1. The van der Waals surface area contributed by atoms with Gasteiger partial charge in [-0.3, -0.25) is 11.3 Å². The lowest BCUT2D eigenvalue weighted by Gasteiger charge is -2.16. The lowest BCUT2D eigenvalue weighted by molar-refractivity contribution is 0.523. The minimum absolute atomic E-state index is 0.122. The van der Waals surface area contributed by atoms with Crippen LogP contribution in [0.1, 0.15) is 30.0 Å². The fraction of sp³-hybridized carbons (Fsp3) is 0.333. The van der Waals surface area contributed by atoms with Gasteiger partial charge in [-0.2, -0.15) is 0 Å². The maximum Gasteiger partial charge on any atom is 0.0469 e. The van der Waals surface area contributed by atoms with Crippen LogP contribution in [0.2, 0.25) is 0 Å². The molecule has 0 fully saturated rings. The van der Waals surface area contributed by atoms with Gasteiger partial charge >= 0.3 is 0 Å². The molecule has 0 saturated heterocycles. The Balaban J connectivity index is 2.87. The van der Waals surface area contributed by atoms with E-state index < -0.39 is 0 Å². The molecule has 0 aliphatic rings. The summed E-state index contributed by atoms with van der Waals surface area (Å²) >= 11 is 3.47. The van der Waals surface area contributed by atoms with Gasteiger partial charge in [-0.25, -0.2) is 0 Å². The van der Waals surface area contributed by atoms with Gasteiger partial charge in [-0.15, -0.1) is 12.3 Å². The first-order valence-corrected chi connectivity index (χ1v) is 5.63. The number of hydrazine groups is 1. The number of halogens is 1. The summed E-state index contributed by atoms with van der Waals surface area (Å²) < 4.78 is 1.07. The number of benzene rings is 1. The maximum atomic E-state index is 5.51. The van der Waals surface area contributed by atoms with Crippen LogP contribution in [0.4, 0.5) is 0 Å². The van der Waals surface area contributed by atoms with E-state index in [1.54, 1.807) is 0 Å². The van der Waals surface area contributed by atoms with Crippen molar-refractivity contribution in [1.82, 2.24) is 5.43 Å². The summed E-state index contributed by atoms with van der Waals surface area (Å²) in [6.07, 6.45) is 6.81. The molecule has 2 nitrogen and oxygen atoms in total. The van der Waals surface area contributed by atoms with Crippen molar-refractivity contribution >= 4 is 15.9 Å². The van der Waals surface area contributed by atoms with Crippen molar-refractivity contribution in [2.75, 3.05) is 0 Å². The Morgan fingerprint density at radius 1 is 1.53 bits per heavy atom. The first-order valence-electron chi connectivity index (χ1n) is 4.84. The van der Waals surface area contributed by atoms with Crippen LogP contribution in [0.15, 0.2) is 22.7 Å². The van der Waals surface area contributed by atoms with Gasteiger partial charge in [0.2, 0.25) is 0 Å². The number of rotatable bonds is 4. The minimum atomic E-state index is 0.122. The van der Waals surface area contributed by atoms with E-state index in [2.05, 4.69) is 52.4 Å². The zero-order chi connectivity index (χ0) is 11.3. The average molecular weight is 267 g/mol. The molecular formula is C12H15BrN2. The summed E-state index contributed by atoms with van der Waals surface area (Å²) in [6, 6.07) is 6.37. The molecular weight excluding hydrogens is 252 g/mol. The van der Waals surface area contributed by atoms with Crippen molar-refractivity contribution in [2.24, 2.45) is 5.84 Å². The highest BCUT2D eigenvalue weighted by Crippen LogP contribution is 2.23. The number of nitrogens with two attached hydrogens (primary N) is 1. The van der Waals surface area contributed by atoms with Crippen LogP contribution in [0.3, 0.4) is 0 Å². The van der Waals surface area contributed by atoms with Crippen molar-refractivity contribution in [1.29, 1.82) is 0 Å². The van der Waals surface area contributed by atoms with Crippen LogP contribution < -0.4 is 11.3 Å². The Bertz CT molecular complexity index is 348. The number of hydrogen-bond donors (Lipinski definition) is 2. The predicted molar refractivity (Wildman–Crippen MR) is 67.0 cm³/mol. The van der Waals surface area contributed by atoms with Crippen molar-refractivity contribution in [3.8, 4) is 12.3 Å². The topological polar surface area (TPSA) is 38.0 Å². The Hall–Kier alpha value is -0.820. The van der Waals surface area contributed by atoms with Gasteiger partial charge in [0.15, 0.2) is 0 Å². The second-order valence-corrected chi connectivity index (χ2v) is 4.44. The molecule has 0 aliphatic heterocycles. The lowest BCUT2D eigenvalue weighted by Crippen LogP contribution is -2.28. The maximum absolute atomic E-state index is 5.51. The molecule has 0 aromatic heterocycles. The molecule has 15 heavy (non-hydrogen) atoms.